The first-order valence-electron chi connectivity index (χ1n) is 6.30. The molecule has 0 radical (unpaired) electrons. The summed E-state index contributed by atoms with van der Waals surface area (Å²) in [5.41, 5.74) is 2.13. The second-order valence-electron chi connectivity index (χ2n) is 4.48. The van der Waals surface area contributed by atoms with E-state index in [4.69, 9.17) is 11.6 Å². The fourth-order valence-electron chi connectivity index (χ4n) is 1.77. The van der Waals surface area contributed by atoms with Gasteiger partial charge in [-0.3, -0.25) is 0 Å². The van der Waals surface area contributed by atoms with Crippen molar-refractivity contribution in [1.82, 2.24) is 20.0 Å². The topological polar surface area (TPSA) is 68.3 Å². The zero-order chi connectivity index (χ0) is 15.7. The van der Waals surface area contributed by atoms with Crippen molar-refractivity contribution in [3.05, 3.63) is 40.1 Å². The van der Waals surface area contributed by atoms with E-state index in [1.165, 1.54) is 11.3 Å². The lowest BCUT2D eigenvalue weighted by Gasteiger charge is -2.04. The van der Waals surface area contributed by atoms with Crippen LogP contribution in [-0.4, -0.2) is 20.0 Å². The first-order chi connectivity index (χ1) is 10.5. The number of azo groups is 1. The molecule has 0 aliphatic carbocycles. The van der Waals surface area contributed by atoms with Crippen molar-refractivity contribution in [3.8, 4) is 5.69 Å². The van der Waals surface area contributed by atoms with Crippen LogP contribution in [0.15, 0.2) is 39.5 Å². The molecule has 0 aliphatic heterocycles. The molecule has 0 saturated heterocycles. The van der Waals surface area contributed by atoms with Crippen LogP contribution in [0.1, 0.15) is 18.1 Å². The Morgan fingerprint density at radius 2 is 2.00 bits per heavy atom. The quantitative estimate of drug-likeness (QED) is 0.502. The molecule has 3 rings (SSSR count). The normalized spacial score (nSPS) is 11.0. The Morgan fingerprint density at radius 1 is 1.22 bits per heavy atom. The lowest BCUT2D eigenvalue weighted by atomic mass is 10.3. The molecule has 0 bridgehead atoms. The van der Waals surface area contributed by atoms with Crippen LogP contribution in [0, 0.1) is 13.8 Å². The van der Waals surface area contributed by atoms with Gasteiger partial charge in [-0.05, 0) is 32.0 Å². The molecule has 2 aromatic heterocycles. The molecule has 9 heteroatoms. The second-order valence-corrected chi connectivity index (χ2v) is 6.57. The van der Waals surface area contributed by atoms with Crippen LogP contribution in [0.2, 0.25) is 5.02 Å². The van der Waals surface area contributed by atoms with E-state index in [1.807, 2.05) is 26.0 Å². The minimum Gasteiger partial charge on any atom is -0.237 e. The molecular formula is C14H15ClN6S2. The number of hydrogen-bond donors (Lipinski definition) is 1. The number of aromatic nitrogens is 4. The third kappa shape index (κ3) is 3.95. The third-order valence-electron chi connectivity index (χ3n) is 2.81. The Balaban J connectivity index is 0.00000192. The van der Waals surface area contributed by atoms with E-state index in [2.05, 4.69) is 38.2 Å². The van der Waals surface area contributed by atoms with Gasteiger partial charge in [0.25, 0.3) is 5.13 Å². The molecule has 0 N–H and O–H groups in total. The van der Waals surface area contributed by atoms with Crippen LogP contribution in [0.5, 0.6) is 0 Å². The number of nitrogens with zero attached hydrogens (tertiary/aromatic N) is 6. The largest absolute Gasteiger partial charge is 0.251 e. The van der Waals surface area contributed by atoms with Crippen LogP contribution in [-0.2, 0) is 0 Å². The van der Waals surface area contributed by atoms with E-state index in [9.17, 15) is 0 Å². The Kier molecular flexibility index (Phi) is 5.51. The summed E-state index contributed by atoms with van der Waals surface area (Å²) in [5.74, 6) is 0. The smallest absolute Gasteiger partial charge is 0.237 e. The Hall–Kier alpha value is -1.77. The molecular weight excluding hydrogens is 352 g/mol. The predicted molar refractivity (Wildman–Crippen MR) is 96.1 cm³/mol. The van der Waals surface area contributed by atoms with Crippen molar-refractivity contribution in [2.45, 2.75) is 26.2 Å². The minimum atomic E-state index is 0. The maximum Gasteiger partial charge on any atom is 0.251 e. The second kappa shape index (κ2) is 7.20. The Morgan fingerprint density at radius 3 is 2.70 bits per heavy atom. The van der Waals surface area contributed by atoms with Crippen LogP contribution in [0.4, 0.5) is 10.8 Å². The van der Waals surface area contributed by atoms with Gasteiger partial charge in [0, 0.05) is 4.90 Å². The highest BCUT2D eigenvalue weighted by Crippen LogP contribution is 2.28. The van der Waals surface area contributed by atoms with Crippen molar-refractivity contribution in [2.24, 2.45) is 10.2 Å². The average molecular weight is 367 g/mol. The molecule has 3 aromatic rings. The third-order valence-corrected chi connectivity index (χ3v) is 4.13. The fourth-order valence-corrected chi connectivity index (χ4v) is 2.68. The molecule has 0 atom stereocenters. The summed E-state index contributed by atoms with van der Waals surface area (Å²) in [6.07, 6.45) is 1.77. The first kappa shape index (κ1) is 17.6. The summed E-state index contributed by atoms with van der Waals surface area (Å²) in [7, 11) is 0. The number of halogens is 1. The molecule has 0 spiro atoms. The number of aryl methyl sites for hydroxylation is 2. The maximum atomic E-state index is 6.20. The van der Waals surface area contributed by atoms with E-state index in [0.717, 1.165) is 21.3 Å². The van der Waals surface area contributed by atoms with Gasteiger partial charge in [0.05, 0.1) is 22.6 Å². The first-order valence-corrected chi connectivity index (χ1v) is 7.94. The van der Waals surface area contributed by atoms with Gasteiger partial charge in [-0.15, -0.1) is 33.1 Å². The van der Waals surface area contributed by atoms with Crippen molar-refractivity contribution in [3.63, 3.8) is 0 Å². The number of rotatable bonds is 3. The van der Waals surface area contributed by atoms with Gasteiger partial charge in [-0.25, -0.2) is 4.68 Å². The summed E-state index contributed by atoms with van der Waals surface area (Å²) in [5, 5.41) is 22.4. The van der Waals surface area contributed by atoms with Gasteiger partial charge < -0.3 is 0 Å². The minimum absolute atomic E-state index is 0. The van der Waals surface area contributed by atoms with Crippen LogP contribution in [0.25, 0.3) is 5.69 Å². The van der Waals surface area contributed by atoms with Crippen molar-refractivity contribution in [2.75, 3.05) is 0 Å². The zero-order valence-corrected chi connectivity index (χ0v) is 14.2. The standard InChI is InChI=1S/C13H11ClN6S2.CH4/c1-7-11(16-18-13-17-15-8(2)22-13)6-20(19-7)12-5-9(21)3-4-10(12)14;/h3-6,21H,1-2H3;1H4. The van der Waals surface area contributed by atoms with Crippen LogP contribution in [0.3, 0.4) is 0 Å². The number of hydrogen-bond acceptors (Lipinski definition) is 7. The number of thiol groups is 1. The van der Waals surface area contributed by atoms with E-state index >= 15 is 0 Å². The molecule has 0 saturated carbocycles. The highest BCUT2D eigenvalue weighted by molar-refractivity contribution is 7.80. The lowest BCUT2D eigenvalue weighted by molar-refractivity contribution is 0.860. The van der Waals surface area contributed by atoms with Gasteiger partial charge in [-0.1, -0.05) is 30.4 Å². The SMILES string of the molecule is C.Cc1nnc(N=Nc2cn(-c3cc(S)ccc3Cl)nc2C)s1. The Bertz CT molecular complexity index is 855. The van der Waals surface area contributed by atoms with Gasteiger partial charge in [0.2, 0.25) is 0 Å². The number of benzene rings is 1. The van der Waals surface area contributed by atoms with Crippen molar-refractivity contribution >= 4 is 46.4 Å². The molecule has 1 aromatic carbocycles. The fraction of sp³-hybridized carbons (Fsp3) is 0.214. The van der Waals surface area contributed by atoms with E-state index in [1.54, 1.807) is 16.9 Å². The van der Waals surface area contributed by atoms with Gasteiger partial charge in [0.1, 0.15) is 10.7 Å². The highest BCUT2D eigenvalue weighted by Gasteiger charge is 2.09. The van der Waals surface area contributed by atoms with E-state index < -0.39 is 0 Å². The van der Waals surface area contributed by atoms with E-state index in [-0.39, 0.29) is 7.43 Å². The summed E-state index contributed by atoms with van der Waals surface area (Å²) in [6, 6.07) is 5.44. The lowest BCUT2D eigenvalue weighted by Crippen LogP contribution is -1.95. The molecule has 23 heavy (non-hydrogen) atoms. The molecule has 120 valence electrons. The van der Waals surface area contributed by atoms with Gasteiger partial charge in [0.15, 0.2) is 0 Å². The maximum absolute atomic E-state index is 6.20. The summed E-state index contributed by atoms with van der Waals surface area (Å²) >= 11 is 11.9. The molecule has 6 nitrogen and oxygen atoms in total. The molecule has 2 heterocycles. The molecule has 0 unspecified atom stereocenters. The predicted octanol–water partition coefficient (Wildman–Crippen LogP) is 5.33. The highest BCUT2D eigenvalue weighted by atomic mass is 35.5. The Labute approximate surface area is 148 Å². The van der Waals surface area contributed by atoms with Gasteiger partial charge >= 0.3 is 0 Å². The van der Waals surface area contributed by atoms with Crippen molar-refractivity contribution in [1.29, 1.82) is 0 Å². The summed E-state index contributed by atoms with van der Waals surface area (Å²) in [6.45, 7) is 3.72. The summed E-state index contributed by atoms with van der Waals surface area (Å²) in [4.78, 5) is 0.806. The zero-order valence-electron chi connectivity index (χ0n) is 11.7. The molecule has 0 amide bonds. The monoisotopic (exact) mass is 366 g/mol. The summed E-state index contributed by atoms with van der Waals surface area (Å²) < 4.78 is 1.66. The van der Waals surface area contributed by atoms with Gasteiger partial charge in [-0.2, -0.15) is 5.10 Å². The van der Waals surface area contributed by atoms with Crippen molar-refractivity contribution < 1.29 is 0 Å². The molecule has 0 fully saturated rings. The van der Waals surface area contributed by atoms with Crippen LogP contribution < -0.4 is 0 Å². The molecule has 0 aliphatic rings. The van der Waals surface area contributed by atoms with Crippen LogP contribution >= 0.6 is 35.6 Å². The average Bonchev–Trinajstić information content (AvgIpc) is 3.05. The van der Waals surface area contributed by atoms with E-state index in [0.29, 0.717) is 15.8 Å².